The lowest BCUT2D eigenvalue weighted by Gasteiger charge is -2.12. The molecule has 0 aliphatic rings. The lowest BCUT2D eigenvalue weighted by atomic mass is 10.2. The first-order valence-electron chi connectivity index (χ1n) is 7.52. The van der Waals surface area contributed by atoms with Gasteiger partial charge in [-0.15, -0.1) is 0 Å². The number of fused-ring (bicyclic) bond motifs is 1. The molecule has 2 rings (SSSR count). The van der Waals surface area contributed by atoms with Crippen molar-refractivity contribution in [2.45, 2.75) is 38.0 Å². The number of nitrogens with one attached hydrogen (secondary N) is 1. The van der Waals surface area contributed by atoms with Crippen LogP contribution in [0.4, 0.5) is 0 Å². The maximum absolute atomic E-state index is 11.7. The molecule has 6 nitrogen and oxygen atoms in total. The Kier molecular flexibility index (Phi) is 6.46. The molecule has 0 saturated carbocycles. The molecule has 1 aromatic heterocycles. The highest BCUT2D eigenvalue weighted by Crippen LogP contribution is 2.22. The van der Waals surface area contributed by atoms with Gasteiger partial charge in [0.25, 0.3) is 11.1 Å². The zero-order valence-electron chi connectivity index (χ0n) is 13.2. The topological polar surface area (TPSA) is 81.4 Å². The number of carbonyl (C=O) groups excluding carboxylic acids is 2. The van der Waals surface area contributed by atoms with Gasteiger partial charge >= 0.3 is 5.97 Å². The molecule has 1 atom stereocenters. The van der Waals surface area contributed by atoms with Crippen molar-refractivity contribution in [1.29, 1.82) is 0 Å². The fourth-order valence-corrected chi connectivity index (χ4v) is 2.68. The molecule has 1 N–H and O–H groups in total. The van der Waals surface area contributed by atoms with Crippen LogP contribution in [0.5, 0.6) is 0 Å². The SMILES string of the molecule is CCCC(C)NC(=O)COC(=O)CSc1nc2ccccc2o1. The molecule has 124 valence electrons. The van der Waals surface area contributed by atoms with Gasteiger partial charge in [-0.05, 0) is 25.5 Å². The van der Waals surface area contributed by atoms with Gasteiger partial charge in [0.05, 0.1) is 0 Å². The van der Waals surface area contributed by atoms with Gasteiger partial charge in [-0.3, -0.25) is 9.59 Å². The first-order chi connectivity index (χ1) is 11.1. The fourth-order valence-electron chi connectivity index (χ4n) is 2.04. The summed E-state index contributed by atoms with van der Waals surface area (Å²) in [7, 11) is 0. The molecule has 2 aromatic rings. The minimum atomic E-state index is -0.476. The van der Waals surface area contributed by atoms with Gasteiger partial charge in [0.15, 0.2) is 12.2 Å². The average molecular weight is 336 g/mol. The van der Waals surface area contributed by atoms with Gasteiger partial charge in [0.1, 0.15) is 11.3 Å². The van der Waals surface area contributed by atoms with Crippen LogP contribution in [0.15, 0.2) is 33.9 Å². The lowest BCUT2D eigenvalue weighted by molar-refractivity contribution is -0.146. The summed E-state index contributed by atoms with van der Waals surface area (Å²) in [6.07, 6.45) is 1.88. The normalized spacial score (nSPS) is 12.1. The molecule has 0 spiro atoms. The van der Waals surface area contributed by atoms with Crippen LogP contribution in [0.1, 0.15) is 26.7 Å². The largest absolute Gasteiger partial charge is 0.455 e. The van der Waals surface area contributed by atoms with E-state index in [0.717, 1.165) is 30.1 Å². The highest BCUT2D eigenvalue weighted by atomic mass is 32.2. The van der Waals surface area contributed by atoms with Gasteiger partial charge in [-0.2, -0.15) is 0 Å². The van der Waals surface area contributed by atoms with E-state index in [4.69, 9.17) is 9.15 Å². The van der Waals surface area contributed by atoms with Crippen molar-refractivity contribution in [3.63, 3.8) is 0 Å². The number of rotatable bonds is 8. The van der Waals surface area contributed by atoms with E-state index < -0.39 is 5.97 Å². The highest BCUT2D eigenvalue weighted by Gasteiger charge is 2.12. The molecule has 23 heavy (non-hydrogen) atoms. The molecular formula is C16H20N2O4S. The molecule has 1 amide bonds. The summed E-state index contributed by atoms with van der Waals surface area (Å²) < 4.78 is 10.4. The van der Waals surface area contributed by atoms with E-state index in [1.165, 1.54) is 0 Å². The Hall–Kier alpha value is -2.02. The van der Waals surface area contributed by atoms with E-state index in [-0.39, 0.29) is 24.3 Å². The van der Waals surface area contributed by atoms with E-state index in [1.54, 1.807) is 0 Å². The summed E-state index contributed by atoms with van der Waals surface area (Å²) in [5, 5.41) is 3.18. The van der Waals surface area contributed by atoms with E-state index in [9.17, 15) is 9.59 Å². The van der Waals surface area contributed by atoms with E-state index in [0.29, 0.717) is 10.8 Å². The number of carbonyl (C=O) groups is 2. The van der Waals surface area contributed by atoms with E-state index >= 15 is 0 Å². The number of nitrogens with zero attached hydrogens (tertiary/aromatic N) is 1. The fraction of sp³-hybridized carbons (Fsp3) is 0.438. The van der Waals surface area contributed by atoms with Crippen LogP contribution >= 0.6 is 11.8 Å². The number of para-hydroxylation sites is 2. The summed E-state index contributed by atoms with van der Waals surface area (Å²) in [4.78, 5) is 27.5. The molecule has 0 radical (unpaired) electrons. The van der Waals surface area contributed by atoms with Gasteiger partial charge in [0, 0.05) is 6.04 Å². The van der Waals surface area contributed by atoms with Crippen molar-refractivity contribution in [2.24, 2.45) is 0 Å². The molecule has 1 unspecified atom stereocenters. The molecule has 0 aliphatic carbocycles. The Morgan fingerprint density at radius 1 is 1.39 bits per heavy atom. The summed E-state index contributed by atoms with van der Waals surface area (Å²) in [6.45, 7) is 3.71. The molecule has 1 aromatic carbocycles. The number of hydrogen-bond acceptors (Lipinski definition) is 6. The number of benzene rings is 1. The van der Waals surface area contributed by atoms with Crippen molar-refractivity contribution < 1.29 is 18.7 Å². The van der Waals surface area contributed by atoms with Crippen LogP contribution in [-0.4, -0.2) is 35.3 Å². The number of oxazole rings is 1. The first kappa shape index (κ1) is 17.3. The molecular weight excluding hydrogens is 316 g/mol. The summed E-state index contributed by atoms with van der Waals surface area (Å²) >= 11 is 1.14. The van der Waals surface area contributed by atoms with Crippen molar-refractivity contribution in [2.75, 3.05) is 12.4 Å². The Bertz CT molecular complexity index is 638. The number of thioether (sulfide) groups is 1. The molecule has 1 heterocycles. The molecule has 0 aliphatic heterocycles. The zero-order chi connectivity index (χ0) is 16.7. The number of amides is 1. The third-order valence-corrected chi connectivity index (χ3v) is 3.88. The van der Waals surface area contributed by atoms with E-state index in [1.807, 2.05) is 38.1 Å². The second-order valence-electron chi connectivity index (χ2n) is 5.15. The predicted octanol–water partition coefficient (Wildman–Crippen LogP) is 2.77. The molecule has 0 saturated heterocycles. The third-order valence-electron chi connectivity index (χ3n) is 3.08. The van der Waals surface area contributed by atoms with Crippen molar-refractivity contribution >= 4 is 34.7 Å². The van der Waals surface area contributed by atoms with Crippen molar-refractivity contribution in [3.05, 3.63) is 24.3 Å². The quantitative estimate of drug-likeness (QED) is 0.590. The van der Waals surface area contributed by atoms with Crippen molar-refractivity contribution in [1.82, 2.24) is 10.3 Å². The lowest BCUT2D eigenvalue weighted by Crippen LogP contribution is -2.35. The third kappa shape index (κ3) is 5.59. The highest BCUT2D eigenvalue weighted by molar-refractivity contribution is 7.99. The van der Waals surface area contributed by atoms with Gasteiger partial charge in [0.2, 0.25) is 0 Å². The minimum Gasteiger partial charge on any atom is -0.455 e. The van der Waals surface area contributed by atoms with Crippen LogP contribution < -0.4 is 5.32 Å². The smallest absolute Gasteiger partial charge is 0.316 e. The second-order valence-corrected chi connectivity index (χ2v) is 6.08. The maximum Gasteiger partial charge on any atom is 0.316 e. The maximum atomic E-state index is 11.7. The summed E-state index contributed by atoms with van der Waals surface area (Å²) in [5.74, 6) is -0.716. The number of esters is 1. The standard InChI is InChI=1S/C16H20N2O4S/c1-3-6-11(2)17-14(19)9-21-15(20)10-23-16-18-12-7-4-5-8-13(12)22-16/h4-5,7-8,11H,3,6,9-10H2,1-2H3,(H,17,19). The monoisotopic (exact) mass is 336 g/mol. The van der Waals surface area contributed by atoms with E-state index in [2.05, 4.69) is 10.3 Å². The zero-order valence-corrected chi connectivity index (χ0v) is 14.0. The first-order valence-corrected chi connectivity index (χ1v) is 8.50. The Morgan fingerprint density at radius 2 is 2.17 bits per heavy atom. The Morgan fingerprint density at radius 3 is 2.91 bits per heavy atom. The molecule has 0 bridgehead atoms. The van der Waals surface area contributed by atoms with Crippen LogP contribution in [0.2, 0.25) is 0 Å². The summed E-state index contributed by atoms with van der Waals surface area (Å²) in [5.41, 5.74) is 1.42. The predicted molar refractivity (Wildman–Crippen MR) is 88.2 cm³/mol. The van der Waals surface area contributed by atoms with Gasteiger partial charge in [-0.25, -0.2) is 4.98 Å². The van der Waals surface area contributed by atoms with Gasteiger partial charge in [-0.1, -0.05) is 37.2 Å². The number of hydrogen-bond donors (Lipinski definition) is 1. The number of aromatic nitrogens is 1. The second kappa shape index (κ2) is 8.57. The van der Waals surface area contributed by atoms with Gasteiger partial charge < -0.3 is 14.5 Å². The van der Waals surface area contributed by atoms with Crippen LogP contribution in [0.25, 0.3) is 11.1 Å². The van der Waals surface area contributed by atoms with Crippen molar-refractivity contribution in [3.8, 4) is 0 Å². The van der Waals surface area contributed by atoms with Crippen LogP contribution in [0, 0.1) is 0 Å². The molecule has 7 heteroatoms. The minimum absolute atomic E-state index is 0.0462. The van der Waals surface area contributed by atoms with Crippen LogP contribution in [-0.2, 0) is 14.3 Å². The average Bonchev–Trinajstić information content (AvgIpc) is 2.94. The molecule has 0 fully saturated rings. The number of ether oxygens (including phenoxy) is 1. The van der Waals surface area contributed by atoms with Crippen LogP contribution in [0.3, 0.4) is 0 Å². The Balaban J connectivity index is 1.71. The summed E-state index contributed by atoms with van der Waals surface area (Å²) in [6, 6.07) is 7.45. The Labute approximate surface area is 139 Å².